The van der Waals surface area contributed by atoms with Gasteiger partial charge in [-0.15, -0.1) is 0 Å². The maximum absolute atomic E-state index is 12.0. The molecule has 0 heterocycles. The van der Waals surface area contributed by atoms with E-state index >= 15 is 0 Å². The van der Waals surface area contributed by atoms with Crippen LogP contribution >= 0.6 is 12.2 Å². The van der Waals surface area contributed by atoms with Gasteiger partial charge in [0.1, 0.15) is 0 Å². The van der Waals surface area contributed by atoms with Crippen LogP contribution in [0.5, 0.6) is 11.5 Å². The van der Waals surface area contributed by atoms with Crippen molar-refractivity contribution in [2.24, 2.45) is 5.73 Å². The molecule has 0 aliphatic carbocycles. The van der Waals surface area contributed by atoms with E-state index in [9.17, 15) is 9.59 Å². The van der Waals surface area contributed by atoms with Gasteiger partial charge in [0.05, 0.1) is 14.2 Å². The maximum Gasteiger partial charge on any atom is 0.250 e. The predicted molar refractivity (Wildman–Crippen MR) is 108 cm³/mol. The Labute approximate surface area is 162 Å². The van der Waals surface area contributed by atoms with Crippen molar-refractivity contribution in [1.29, 1.82) is 0 Å². The summed E-state index contributed by atoms with van der Waals surface area (Å²) >= 11 is 5.09. The molecule has 27 heavy (non-hydrogen) atoms. The van der Waals surface area contributed by atoms with E-state index in [1.165, 1.54) is 13.2 Å². The number of rotatable bonds is 6. The fourth-order valence-corrected chi connectivity index (χ4v) is 2.38. The van der Waals surface area contributed by atoms with Gasteiger partial charge in [-0.1, -0.05) is 6.07 Å². The number of methoxy groups -OCH3 is 2. The minimum atomic E-state index is -0.516. The molecule has 0 fully saturated rings. The molecule has 0 aliphatic rings. The van der Waals surface area contributed by atoms with Gasteiger partial charge < -0.3 is 20.5 Å². The number of carbonyl (C=O) groups excluding carboxylic acids is 2. The lowest BCUT2D eigenvalue weighted by Crippen LogP contribution is -2.32. The quantitative estimate of drug-likeness (QED) is 0.521. The highest BCUT2D eigenvalue weighted by Crippen LogP contribution is 2.27. The molecule has 2 aromatic carbocycles. The number of nitrogens with two attached hydrogens (primary N) is 1. The van der Waals surface area contributed by atoms with E-state index in [0.717, 1.165) is 5.56 Å². The van der Waals surface area contributed by atoms with Gasteiger partial charge >= 0.3 is 0 Å². The summed E-state index contributed by atoms with van der Waals surface area (Å²) in [6, 6.07) is 11.7. The molecule has 0 aliphatic heterocycles. The number of hydrogen-bond acceptors (Lipinski definition) is 5. The van der Waals surface area contributed by atoms with Crippen molar-refractivity contribution in [3.8, 4) is 11.5 Å². The summed E-state index contributed by atoms with van der Waals surface area (Å²) in [6.07, 6.45) is 2.98. The van der Waals surface area contributed by atoms with Gasteiger partial charge in [0.25, 0.3) is 0 Å². The van der Waals surface area contributed by atoms with E-state index in [0.29, 0.717) is 22.7 Å². The first-order valence-electron chi connectivity index (χ1n) is 7.85. The standard InChI is InChI=1S/C19H19N3O4S/c1-25-15-9-3-12(11-16(15)26-2)4-10-17(23)22-19(27)21-14-7-5-13(6-8-14)18(20)24/h3-11H,1-2H3,(H2,20,24)(H2,21,22,23,27). The van der Waals surface area contributed by atoms with Gasteiger partial charge in [-0.3, -0.25) is 14.9 Å². The summed E-state index contributed by atoms with van der Waals surface area (Å²) in [4.78, 5) is 23.0. The molecule has 0 spiro atoms. The number of nitrogens with one attached hydrogen (secondary N) is 2. The number of carbonyl (C=O) groups is 2. The molecule has 0 bridgehead atoms. The average molecular weight is 385 g/mol. The van der Waals surface area contributed by atoms with Gasteiger partial charge in [-0.2, -0.15) is 0 Å². The fourth-order valence-electron chi connectivity index (χ4n) is 2.16. The Morgan fingerprint density at radius 2 is 1.70 bits per heavy atom. The summed E-state index contributed by atoms with van der Waals surface area (Å²) in [7, 11) is 3.09. The van der Waals surface area contributed by atoms with Crippen LogP contribution < -0.4 is 25.8 Å². The monoisotopic (exact) mass is 385 g/mol. The molecule has 4 N–H and O–H groups in total. The minimum absolute atomic E-state index is 0.129. The van der Waals surface area contributed by atoms with E-state index in [4.69, 9.17) is 27.4 Å². The van der Waals surface area contributed by atoms with Gasteiger partial charge in [0, 0.05) is 17.3 Å². The molecule has 0 unspecified atom stereocenters. The van der Waals surface area contributed by atoms with Crippen molar-refractivity contribution in [2.45, 2.75) is 0 Å². The van der Waals surface area contributed by atoms with Crippen molar-refractivity contribution in [3.05, 3.63) is 59.7 Å². The van der Waals surface area contributed by atoms with Crippen molar-refractivity contribution >= 4 is 40.9 Å². The molecule has 0 aromatic heterocycles. The molecular weight excluding hydrogens is 366 g/mol. The van der Waals surface area contributed by atoms with Crippen molar-refractivity contribution < 1.29 is 19.1 Å². The first-order chi connectivity index (χ1) is 12.9. The first kappa shape index (κ1) is 19.9. The number of amides is 2. The first-order valence-corrected chi connectivity index (χ1v) is 8.25. The summed E-state index contributed by atoms with van der Waals surface area (Å²) in [5.74, 6) is 0.261. The number of thiocarbonyl (C=S) groups is 1. The molecule has 2 rings (SSSR count). The molecule has 8 heteroatoms. The topological polar surface area (TPSA) is 103 Å². The second-order valence-corrected chi connectivity index (χ2v) is 5.74. The second kappa shape index (κ2) is 9.35. The Bertz CT molecular complexity index is 879. The smallest absolute Gasteiger partial charge is 0.250 e. The SMILES string of the molecule is COc1ccc(C=CC(=O)NC(=S)Nc2ccc(C(N)=O)cc2)cc1OC. The highest BCUT2D eigenvalue weighted by atomic mass is 32.1. The van der Waals surface area contributed by atoms with Gasteiger partial charge in [-0.25, -0.2) is 0 Å². The Morgan fingerprint density at radius 1 is 1.04 bits per heavy atom. The van der Waals surface area contributed by atoms with E-state index in [1.807, 2.05) is 0 Å². The Kier molecular flexibility index (Phi) is 6.90. The number of hydrogen-bond donors (Lipinski definition) is 3. The molecule has 0 saturated carbocycles. The molecule has 7 nitrogen and oxygen atoms in total. The summed E-state index contributed by atoms with van der Waals surface area (Å²) in [5.41, 5.74) is 6.95. The molecule has 2 aromatic rings. The van der Waals surface area contributed by atoms with Crippen molar-refractivity contribution in [1.82, 2.24) is 5.32 Å². The van der Waals surface area contributed by atoms with Crippen LogP contribution in [0.4, 0.5) is 5.69 Å². The van der Waals surface area contributed by atoms with E-state index in [2.05, 4.69) is 10.6 Å². The predicted octanol–water partition coefficient (Wildman–Crippen LogP) is 2.33. The third-order valence-corrected chi connectivity index (χ3v) is 3.70. The number of benzene rings is 2. The highest BCUT2D eigenvalue weighted by Gasteiger charge is 2.05. The minimum Gasteiger partial charge on any atom is -0.493 e. The van der Waals surface area contributed by atoms with Gasteiger partial charge in [-0.05, 0) is 60.3 Å². The van der Waals surface area contributed by atoms with Crippen LogP contribution in [0.25, 0.3) is 6.08 Å². The van der Waals surface area contributed by atoms with Crippen molar-refractivity contribution in [3.63, 3.8) is 0 Å². The van der Waals surface area contributed by atoms with E-state index in [-0.39, 0.29) is 5.11 Å². The van der Waals surface area contributed by atoms with Crippen LogP contribution in [0.2, 0.25) is 0 Å². The Balaban J connectivity index is 1.93. The number of primary amides is 1. The molecule has 140 valence electrons. The third kappa shape index (κ3) is 5.82. The van der Waals surface area contributed by atoms with E-state index < -0.39 is 11.8 Å². The molecular formula is C19H19N3O4S. The van der Waals surface area contributed by atoms with Crippen molar-refractivity contribution in [2.75, 3.05) is 19.5 Å². The van der Waals surface area contributed by atoms with Crippen LogP contribution in [-0.4, -0.2) is 31.1 Å². The molecule has 0 radical (unpaired) electrons. The van der Waals surface area contributed by atoms with Crippen LogP contribution in [0, 0.1) is 0 Å². The lowest BCUT2D eigenvalue weighted by Gasteiger charge is -2.09. The number of ether oxygens (including phenoxy) is 2. The zero-order valence-electron chi connectivity index (χ0n) is 14.8. The molecule has 0 atom stereocenters. The second-order valence-electron chi connectivity index (χ2n) is 5.33. The summed E-state index contributed by atoms with van der Waals surface area (Å²) in [5, 5.41) is 5.51. The average Bonchev–Trinajstić information content (AvgIpc) is 2.66. The maximum atomic E-state index is 12.0. The van der Waals surface area contributed by atoms with Gasteiger partial charge in [0.2, 0.25) is 11.8 Å². The molecule has 2 amide bonds. The zero-order valence-corrected chi connectivity index (χ0v) is 15.6. The summed E-state index contributed by atoms with van der Waals surface area (Å²) in [6.45, 7) is 0. The Morgan fingerprint density at radius 3 is 2.30 bits per heavy atom. The Hall–Kier alpha value is -3.39. The molecule has 0 saturated heterocycles. The third-order valence-electron chi connectivity index (χ3n) is 3.50. The normalized spacial score (nSPS) is 10.3. The van der Waals surface area contributed by atoms with Crippen LogP contribution in [-0.2, 0) is 4.79 Å². The lowest BCUT2D eigenvalue weighted by atomic mass is 10.2. The fraction of sp³-hybridized carbons (Fsp3) is 0.105. The highest BCUT2D eigenvalue weighted by molar-refractivity contribution is 7.80. The van der Waals surface area contributed by atoms with Crippen LogP contribution in [0.15, 0.2) is 48.5 Å². The van der Waals surface area contributed by atoms with Crippen LogP contribution in [0.1, 0.15) is 15.9 Å². The number of anilines is 1. The lowest BCUT2D eigenvalue weighted by molar-refractivity contribution is -0.115. The largest absolute Gasteiger partial charge is 0.493 e. The summed E-state index contributed by atoms with van der Waals surface area (Å²) < 4.78 is 10.4. The van der Waals surface area contributed by atoms with Crippen LogP contribution in [0.3, 0.4) is 0 Å². The zero-order chi connectivity index (χ0) is 19.8. The van der Waals surface area contributed by atoms with Gasteiger partial charge in [0.15, 0.2) is 16.6 Å². The van der Waals surface area contributed by atoms with E-state index in [1.54, 1.807) is 55.7 Å².